The van der Waals surface area contributed by atoms with Gasteiger partial charge in [-0.2, -0.15) is 0 Å². The molecular weight excluding hydrogens is 426 g/mol. The van der Waals surface area contributed by atoms with Crippen LogP contribution in [0.5, 0.6) is 28.7 Å². The van der Waals surface area contributed by atoms with Crippen LogP contribution in [0, 0.1) is 34.6 Å². The monoisotopic (exact) mass is 455 g/mol. The van der Waals surface area contributed by atoms with Crippen molar-refractivity contribution in [2.45, 2.75) is 34.6 Å². The first-order valence-electron chi connectivity index (χ1n) is 11.1. The minimum atomic E-state index is 0.0936. The van der Waals surface area contributed by atoms with Gasteiger partial charge in [-0.3, -0.25) is 0 Å². The number of aromatic hydroxyl groups is 3. The Hall–Kier alpha value is -4.12. The maximum atomic E-state index is 10.2. The summed E-state index contributed by atoms with van der Waals surface area (Å²) in [5.41, 5.74) is 7.07. The molecule has 0 aliphatic carbocycles. The molecule has 0 fully saturated rings. The Balaban J connectivity index is 1.80. The van der Waals surface area contributed by atoms with E-state index in [1.807, 2.05) is 77.1 Å². The molecule has 174 valence electrons. The first-order chi connectivity index (χ1) is 16.1. The Morgan fingerprint density at radius 3 is 1.59 bits per heavy atom. The fraction of sp³-hybridized carbons (Fsp3) is 0.172. The fourth-order valence-electron chi connectivity index (χ4n) is 3.97. The quantitative estimate of drug-likeness (QED) is 0.289. The van der Waals surface area contributed by atoms with E-state index < -0.39 is 0 Å². The fourth-order valence-corrected chi connectivity index (χ4v) is 3.97. The molecular formula is C29H29NO4. The van der Waals surface area contributed by atoms with E-state index in [9.17, 15) is 15.3 Å². The number of anilines is 3. The summed E-state index contributed by atoms with van der Waals surface area (Å²) in [6.45, 7) is 9.57. The van der Waals surface area contributed by atoms with Crippen LogP contribution in [-0.2, 0) is 0 Å². The first-order valence-corrected chi connectivity index (χ1v) is 11.1. The third kappa shape index (κ3) is 4.50. The highest BCUT2D eigenvalue weighted by molar-refractivity contribution is 5.82. The lowest BCUT2D eigenvalue weighted by Crippen LogP contribution is -2.13. The molecule has 3 N–H and O–H groups in total. The van der Waals surface area contributed by atoms with E-state index in [1.165, 1.54) is 0 Å². The van der Waals surface area contributed by atoms with Gasteiger partial charge in [0, 0.05) is 17.1 Å². The second kappa shape index (κ2) is 9.02. The summed E-state index contributed by atoms with van der Waals surface area (Å²) in [5, 5.41) is 30.6. The van der Waals surface area contributed by atoms with Crippen LogP contribution >= 0.6 is 0 Å². The summed E-state index contributed by atoms with van der Waals surface area (Å²) < 4.78 is 5.89. The molecule has 34 heavy (non-hydrogen) atoms. The highest BCUT2D eigenvalue weighted by Gasteiger charge is 2.19. The Morgan fingerprint density at radius 1 is 0.559 bits per heavy atom. The van der Waals surface area contributed by atoms with Crippen LogP contribution in [0.2, 0.25) is 0 Å². The van der Waals surface area contributed by atoms with Crippen molar-refractivity contribution in [1.82, 2.24) is 0 Å². The normalized spacial score (nSPS) is 10.9. The maximum absolute atomic E-state index is 10.2. The summed E-state index contributed by atoms with van der Waals surface area (Å²) >= 11 is 0. The van der Waals surface area contributed by atoms with Crippen molar-refractivity contribution in [3.8, 4) is 28.7 Å². The number of hydrogen-bond donors (Lipinski definition) is 3. The van der Waals surface area contributed by atoms with Gasteiger partial charge in [0.05, 0.1) is 0 Å². The van der Waals surface area contributed by atoms with Gasteiger partial charge in [-0.05, 0) is 123 Å². The van der Waals surface area contributed by atoms with E-state index in [0.29, 0.717) is 11.5 Å². The largest absolute Gasteiger partial charge is 0.508 e. The lowest BCUT2D eigenvalue weighted by molar-refractivity contribution is 0.411. The Bertz CT molecular complexity index is 1300. The number of phenols is 3. The molecule has 0 spiro atoms. The van der Waals surface area contributed by atoms with E-state index in [4.69, 9.17) is 4.74 Å². The third-order valence-electron chi connectivity index (χ3n) is 5.95. The third-order valence-corrected chi connectivity index (χ3v) is 5.95. The van der Waals surface area contributed by atoms with E-state index in [2.05, 4.69) is 4.90 Å². The first kappa shape index (κ1) is 23.1. The summed E-state index contributed by atoms with van der Waals surface area (Å²) in [7, 11) is 0. The number of rotatable bonds is 5. The predicted molar refractivity (Wildman–Crippen MR) is 136 cm³/mol. The topological polar surface area (TPSA) is 73.2 Å². The molecule has 5 nitrogen and oxygen atoms in total. The highest BCUT2D eigenvalue weighted by atomic mass is 16.5. The van der Waals surface area contributed by atoms with Crippen LogP contribution in [0.15, 0.2) is 66.7 Å². The van der Waals surface area contributed by atoms with Crippen LogP contribution in [0.3, 0.4) is 0 Å². The SMILES string of the molecule is Cc1ccc(Oc2ccc(N(c3cc(C)c(O)cc3C)c3cc(C)c(O)cc3C)cc2)c(O)c1. The summed E-state index contributed by atoms with van der Waals surface area (Å²) in [6, 6.07) is 20.3. The van der Waals surface area contributed by atoms with E-state index in [-0.39, 0.29) is 17.2 Å². The zero-order valence-electron chi connectivity index (χ0n) is 20.0. The van der Waals surface area contributed by atoms with Gasteiger partial charge in [0.25, 0.3) is 0 Å². The van der Waals surface area contributed by atoms with Crippen LogP contribution in [0.4, 0.5) is 17.1 Å². The van der Waals surface area contributed by atoms with E-state index in [1.54, 1.807) is 24.3 Å². The van der Waals surface area contributed by atoms with Crippen LogP contribution in [0.1, 0.15) is 27.8 Å². The summed E-state index contributed by atoms with van der Waals surface area (Å²) in [5.74, 6) is 1.59. The zero-order valence-corrected chi connectivity index (χ0v) is 20.0. The van der Waals surface area contributed by atoms with Crippen LogP contribution in [0.25, 0.3) is 0 Å². The van der Waals surface area contributed by atoms with Gasteiger partial charge in [-0.15, -0.1) is 0 Å². The Morgan fingerprint density at radius 2 is 1.09 bits per heavy atom. The Kier molecular flexibility index (Phi) is 6.12. The molecule has 0 saturated heterocycles. The van der Waals surface area contributed by atoms with Crippen molar-refractivity contribution in [3.05, 3.63) is 94.5 Å². The predicted octanol–water partition coefficient (Wildman–Crippen LogP) is 7.61. The van der Waals surface area contributed by atoms with E-state index >= 15 is 0 Å². The molecule has 4 aromatic carbocycles. The number of aryl methyl sites for hydroxylation is 5. The standard InChI is InChI=1S/C29H29NO4/c1-17-6-11-29(28(33)12-17)34-23-9-7-22(8-10-23)30(24-13-20(4)26(31)15-18(24)2)25-14-21(5)27(32)16-19(25)3/h6-16,31-33H,1-5H3. The van der Waals surface area contributed by atoms with Crippen LogP contribution in [-0.4, -0.2) is 15.3 Å². The summed E-state index contributed by atoms with van der Waals surface area (Å²) in [6.07, 6.45) is 0. The van der Waals surface area contributed by atoms with Gasteiger partial charge in [0.2, 0.25) is 0 Å². The van der Waals surface area contributed by atoms with Crippen molar-refractivity contribution in [2.75, 3.05) is 4.90 Å². The van der Waals surface area contributed by atoms with Gasteiger partial charge in [-0.1, -0.05) is 6.07 Å². The van der Waals surface area contributed by atoms with E-state index in [0.717, 1.165) is 44.9 Å². The van der Waals surface area contributed by atoms with Crippen LogP contribution < -0.4 is 9.64 Å². The second-order valence-electron chi connectivity index (χ2n) is 8.75. The van der Waals surface area contributed by atoms with Crippen molar-refractivity contribution in [3.63, 3.8) is 0 Å². The molecule has 0 radical (unpaired) electrons. The lowest BCUT2D eigenvalue weighted by atomic mass is 10.0. The smallest absolute Gasteiger partial charge is 0.169 e. The van der Waals surface area contributed by atoms with Gasteiger partial charge < -0.3 is 25.0 Å². The van der Waals surface area contributed by atoms with Crippen molar-refractivity contribution < 1.29 is 20.1 Å². The molecule has 0 aliphatic heterocycles. The molecule has 0 unspecified atom stereocenters. The average molecular weight is 456 g/mol. The van der Waals surface area contributed by atoms with Gasteiger partial charge >= 0.3 is 0 Å². The molecule has 0 aromatic heterocycles. The molecule has 0 atom stereocenters. The number of nitrogens with zero attached hydrogens (tertiary/aromatic N) is 1. The lowest BCUT2D eigenvalue weighted by Gasteiger charge is -2.29. The molecule has 0 bridgehead atoms. The minimum Gasteiger partial charge on any atom is -0.508 e. The van der Waals surface area contributed by atoms with Crippen molar-refractivity contribution >= 4 is 17.1 Å². The number of hydrogen-bond acceptors (Lipinski definition) is 5. The molecule has 4 aromatic rings. The molecule has 0 saturated carbocycles. The molecule has 4 rings (SSSR count). The van der Waals surface area contributed by atoms with Gasteiger partial charge in [0.15, 0.2) is 11.5 Å². The minimum absolute atomic E-state index is 0.0936. The molecule has 5 heteroatoms. The van der Waals surface area contributed by atoms with Crippen molar-refractivity contribution in [2.24, 2.45) is 0 Å². The second-order valence-corrected chi connectivity index (χ2v) is 8.75. The maximum Gasteiger partial charge on any atom is 0.169 e. The van der Waals surface area contributed by atoms with Crippen molar-refractivity contribution in [1.29, 1.82) is 0 Å². The number of ether oxygens (including phenoxy) is 1. The molecule has 0 heterocycles. The number of phenolic OH excluding ortho intramolecular Hbond substituents is 3. The number of benzene rings is 4. The van der Waals surface area contributed by atoms with Gasteiger partial charge in [0.1, 0.15) is 17.2 Å². The zero-order chi connectivity index (χ0) is 24.6. The Labute approximate surface area is 200 Å². The molecule has 0 aliphatic rings. The summed E-state index contributed by atoms with van der Waals surface area (Å²) in [4.78, 5) is 2.11. The molecule has 0 amide bonds. The highest BCUT2D eigenvalue weighted by Crippen LogP contribution is 2.42. The average Bonchev–Trinajstić information content (AvgIpc) is 2.78. The van der Waals surface area contributed by atoms with Gasteiger partial charge in [-0.25, -0.2) is 0 Å².